The summed E-state index contributed by atoms with van der Waals surface area (Å²) in [6.45, 7) is 13.6. The molecule has 0 saturated carbocycles. The van der Waals surface area contributed by atoms with Gasteiger partial charge in [-0.3, -0.25) is 4.85 Å². The minimum absolute atomic E-state index is 0.141. The number of rotatable bonds is 2. The van der Waals surface area contributed by atoms with Crippen molar-refractivity contribution in [2.24, 2.45) is 0 Å². The van der Waals surface area contributed by atoms with E-state index in [-0.39, 0.29) is 6.42 Å². The van der Waals surface area contributed by atoms with E-state index < -0.39 is 17.1 Å². The van der Waals surface area contributed by atoms with Crippen molar-refractivity contribution in [3.63, 3.8) is 0 Å². The van der Waals surface area contributed by atoms with Gasteiger partial charge in [0, 0.05) is 6.42 Å². The molecular formula is C10H14N2O2. The Bertz CT molecular complexity index is 288. The molecular weight excluding hydrogens is 180 g/mol. The Morgan fingerprint density at radius 1 is 1.57 bits per heavy atom. The zero-order valence-electron chi connectivity index (χ0n) is 8.92. The molecule has 1 atom stereocenters. The fourth-order valence-corrected chi connectivity index (χ4v) is 0.781. The SMILES string of the molecule is [C-]#[N+]C(C#N)(CC)C(=O)OC(C)(C)C. The molecule has 0 spiro atoms. The van der Waals surface area contributed by atoms with E-state index in [1.54, 1.807) is 33.8 Å². The second-order valence-corrected chi connectivity index (χ2v) is 3.94. The molecule has 76 valence electrons. The maximum absolute atomic E-state index is 11.5. The van der Waals surface area contributed by atoms with E-state index in [9.17, 15) is 4.79 Å². The van der Waals surface area contributed by atoms with Gasteiger partial charge in [-0.2, -0.15) is 5.26 Å². The van der Waals surface area contributed by atoms with Crippen LogP contribution in [0.1, 0.15) is 34.1 Å². The van der Waals surface area contributed by atoms with Gasteiger partial charge >= 0.3 is 11.5 Å². The summed E-state index contributed by atoms with van der Waals surface area (Å²) in [4.78, 5) is 14.6. The Hall–Kier alpha value is -1.55. The Balaban J connectivity index is 4.85. The van der Waals surface area contributed by atoms with Crippen molar-refractivity contribution in [1.82, 2.24) is 0 Å². The maximum Gasteiger partial charge on any atom is 0.409 e. The molecule has 14 heavy (non-hydrogen) atoms. The molecule has 0 radical (unpaired) electrons. The van der Waals surface area contributed by atoms with Crippen LogP contribution in [0.15, 0.2) is 0 Å². The molecule has 1 unspecified atom stereocenters. The number of esters is 1. The normalized spacial score (nSPS) is 14.7. The van der Waals surface area contributed by atoms with Crippen molar-refractivity contribution in [3.05, 3.63) is 11.4 Å². The summed E-state index contributed by atoms with van der Waals surface area (Å²) in [5.74, 6) is -0.759. The number of carbonyl (C=O) groups excluding carboxylic acids is 1. The molecule has 4 nitrogen and oxygen atoms in total. The Labute approximate surface area is 84.3 Å². The molecule has 0 aromatic heterocycles. The van der Waals surface area contributed by atoms with Crippen molar-refractivity contribution in [1.29, 1.82) is 5.26 Å². The molecule has 0 aliphatic rings. The minimum Gasteiger partial charge on any atom is -0.453 e. The van der Waals surface area contributed by atoms with Gasteiger partial charge in [-0.05, 0) is 20.8 Å². The summed E-state index contributed by atoms with van der Waals surface area (Å²) in [6.07, 6.45) is 0.141. The Kier molecular flexibility index (Phi) is 3.65. The predicted octanol–water partition coefficient (Wildman–Crippen LogP) is 1.92. The monoisotopic (exact) mass is 194 g/mol. The van der Waals surface area contributed by atoms with Gasteiger partial charge in [0.05, 0.1) is 0 Å². The first-order valence-corrected chi connectivity index (χ1v) is 4.34. The first-order valence-electron chi connectivity index (χ1n) is 4.34. The lowest BCUT2D eigenvalue weighted by Gasteiger charge is -2.21. The number of carbonyl (C=O) groups is 1. The summed E-state index contributed by atoms with van der Waals surface area (Å²) in [5.41, 5.74) is -2.34. The second kappa shape index (κ2) is 4.11. The van der Waals surface area contributed by atoms with Crippen LogP contribution in [0.4, 0.5) is 0 Å². The largest absolute Gasteiger partial charge is 0.453 e. The fraction of sp³-hybridized carbons (Fsp3) is 0.700. The Morgan fingerprint density at radius 3 is 2.29 bits per heavy atom. The van der Waals surface area contributed by atoms with Crippen molar-refractivity contribution < 1.29 is 9.53 Å². The van der Waals surface area contributed by atoms with Gasteiger partial charge in [-0.1, -0.05) is 6.92 Å². The highest BCUT2D eigenvalue weighted by Crippen LogP contribution is 2.20. The van der Waals surface area contributed by atoms with E-state index in [2.05, 4.69) is 4.85 Å². The van der Waals surface area contributed by atoms with Crippen LogP contribution in [0.25, 0.3) is 4.85 Å². The molecule has 0 bridgehead atoms. The van der Waals surface area contributed by atoms with E-state index >= 15 is 0 Å². The van der Waals surface area contributed by atoms with Gasteiger partial charge in [-0.25, -0.2) is 11.4 Å². The summed E-state index contributed by atoms with van der Waals surface area (Å²) in [6, 6.07) is 1.71. The van der Waals surface area contributed by atoms with Gasteiger partial charge in [0.2, 0.25) is 0 Å². The molecule has 4 heteroatoms. The van der Waals surface area contributed by atoms with Gasteiger partial charge in [-0.15, -0.1) is 0 Å². The minimum atomic E-state index is -1.67. The molecule has 0 heterocycles. The first kappa shape index (κ1) is 12.4. The van der Waals surface area contributed by atoms with Gasteiger partial charge in [0.1, 0.15) is 5.60 Å². The van der Waals surface area contributed by atoms with Crippen LogP contribution in [0.5, 0.6) is 0 Å². The molecule has 0 N–H and O–H groups in total. The van der Waals surface area contributed by atoms with Crippen molar-refractivity contribution in [2.75, 3.05) is 0 Å². The predicted molar refractivity (Wildman–Crippen MR) is 51.1 cm³/mol. The summed E-state index contributed by atoms with van der Waals surface area (Å²) < 4.78 is 5.00. The number of hydrogen-bond acceptors (Lipinski definition) is 3. The van der Waals surface area contributed by atoms with Crippen LogP contribution >= 0.6 is 0 Å². The summed E-state index contributed by atoms with van der Waals surface area (Å²) >= 11 is 0. The van der Waals surface area contributed by atoms with Gasteiger partial charge < -0.3 is 4.74 Å². The molecule has 0 aliphatic carbocycles. The highest BCUT2D eigenvalue weighted by atomic mass is 16.6. The summed E-state index contributed by atoms with van der Waals surface area (Å²) in [5, 5.41) is 8.78. The zero-order chi connectivity index (χ0) is 11.4. The molecule has 0 aromatic rings. The average molecular weight is 194 g/mol. The van der Waals surface area contributed by atoms with E-state index in [0.717, 1.165) is 0 Å². The highest BCUT2D eigenvalue weighted by molar-refractivity contribution is 5.86. The van der Waals surface area contributed by atoms with E-state index in [4.69, 9.17) is 16.6 Å². The molecule has 0 saturated heterocycles. The number of nitrogens with zero attached hydrogens (tertiary/aromatic N) is 2. The van der Waals surface area contributed by atoms with Crippen molar-refractivity contribution >= 4 is 5.97 Å². The van der Waals surface area contributed by atoms with E-state index in [1.165, 1.54) is 0 Å². The lowest BCUT2D eigenvalue weighted by molar-refractivity contribution is -0.157. The van der Waals surface area contributed by atoms with Crippen molar-refractivity contribution in [2.45, 2.75) is 45.3 Å². The van der Waals surface area contributed by atoms with Gasteiger partial charge in [0.15, 0.2) is 6.07 Å². The fourth-order valence-electron chi connectivity index (χ4n) is 0.781. The second-order valence-electron chi connectivity index (χ2n) is 3.94. The van der Waals surface area contributed by atoms with Crippen LogP contribution in [-0.2, 0) is 9.53 Å². The third-order valence-electron chi connectivity index (χ3n) is 1.62. The standard InChI is InChI=1S/C10H14N2O2/c1-6-10(7-11,12-5)8(13)14-9(2,3)4/h6H2,1-4H3. The van der Waals surface area contributed by atoms with Crippen LogP contribution < -0.4 is 0 Å². The average Bonchev–Trinajstić information content (AvgIpc) is 2.05. The third-order valence-corrected chi connectivity index (χ3v) is 1.62. The van der Waals surface area contributed by atoms with Crippen LogP contribution in [0, 0.1) is 17.9 Å². The lowest BCUT2D eigenvalue weighted by atomic mass is 9.99. The number of ether oxygens (including phenoxy) is 1. The molecule has 0 amide bonds. The van der Waals surface area contributed by atoms with Crippen LogP contribution in [-0.4, -0.2) is 17.1 Å². The quantitative estimate of drug-likeness (QED) is 0.498. The van der Waals surface area contributed by atoms with Crippen LogP contribution in [0.3, 0.4) is 0 Å². The number of hydrogen-bond donors (Lipinski definition) is 0. The topological polar surface area (TPSA) is 54.5 Å². The molecule has 0 aromatic carbocycles. The van der Waals surface area contributed by atoms with Gasteiger partial charge in [0.25, 0.3) is 0 Å². The van der Waals surface area contributed by atoms with Crippen molar-refractivity contribution in [3.8, 4) is 6.07 Å². The number of nitriles is 1. The van der Waals surface area contributed by atoms with E-state index in [1.807, 2.05) is 0 Å². The zero-order valence-corrected chi connectivity index (χ0v) is 8.92. The molecule has 0 rings (SSSR count). The highest BCUT2D eigenvalue weighted by Gasteiger charge is 2.47. The third kappa shape index (κ3) is 2.74. The van der Waals surface area contributed by atoms with E-state index in [0.29, 0.717) is 0 Å². The molecule has 0 fully saturated rings. The Morgan fingerprint density at radius 2 is 2.07 bits per heavy atom. The summed E-state index contributed by atoms with van der Waals surface area (Å²) in [7, 11) is 0. The lowest BCUT2D eigenvalue weighted by Crippen LogP contribution is -2.39. The first-order chi connectivity index (χ1) is 6.31. The van der Waals surface area contributed by atoms with Crippen LogP contribution in [0.2, 0.25) is 0 Å². The maximum atomic E-state index is 11.5. The molecule has 0 aliphatic heterocycles. The smallest absolute Gasteiger partial charge is 0.409 e.